The maximum Gasteiger partial charge on any atom is 0.316 e. The van der Waals surface area contributed by atoms with Gasteiger partial charge >= 0.3 is 5.97 Å². The fraction of sp³-hybridized carbons (Fsp3) is 0.429. The summed E-state index contributed by atoms with van der Waals surface area (Å²) in [7, 11) is 0. The molecule has 5 atom stereocenters. The summed E-state index contributed by atoms with van der Waals surface area (Å²) in [4.78, 5) is 54.7. The number of ether oxygens (including phenoxy) is 1. The lowest BCUT2D eigenvalue weighted by molar-refractivity contribution is -0.139. The average Bonchev–Trinajstić information content (AvgIpc) is 3.58. The maximum atomic E-state index is 13.2. The highest BCUT2D eigenvalue weighted by atomic mass is 16.5. The minimum atomic E-state index is -0.556. The lowest BCUT2D eigenvalue weighted by Gasteiger charge is -2.20. The van der Waals surface area contributed by atoms with Gasteiger partial charge in [-0.1, -0.05) is 12.1 Å². The molecular formula is C28H28N2O5. The van der Waals surface area contributed by atoms with Crippen LogP contribution in [0.4, 0.5) is 11.4 Å². The zero-order valence-corrected chi connectivity index (χ0v) is 19.9. The van der Waals surface area contributed by atoms with Crippen molar-refractivity contribution >= 4 is 35.1 Å². The number of fused-ring (bicyclic) bond motifs is 5. The number of aryl methyl sites for hydroxylation is 2. The molecule has 0 N–H and O–H groups in total. The Hall–Kier alpha value is -3.48. The summed E-state index contributed by atoms with van der Waals surface area (Å²) in [5, 5.41) is 0. The van der Waals surface area contributed by atoms with Gasteiger partial charge in [0.15, 0.2) is 0 Å². The van der Waals surface area contributed by atoms with Crippen LogP contribution >= 0.6 is 0 Å². The number of hydrogen-bond donors (Lipinski definition) is 0. The Morgan fingerprint density at radius 1 is 0.943 bits per heavy atom. The molecule has 35 heavy (non-hydrogen) atoms. The van der Waals surface area contributed by atoms with Crippen molar-refractivity contribution in [2.75, 3.05) is 16.3 Å². The third-order valence-electron chi connectivity index (χ3n) is 8.33. The van der Waals surface area contributed by atoms with Gasteiger partial charge < -0.3 is 9.64 Å². The van der Waals surface area contributed by atoms with Crippen LogP contribution in [0, 0.1) is 43.4 Å². The molecule has 2 bridgehead atoms. The van der Waals surface area contributed by atoms with Crippen LogP contribution in [-0.4, -0.2) is 30.2 Å². The summed E-state index contributed by atoms with van der Waals surface area (Å²) in [6.45, 7) is 4.05. The number of hydrogen-bond acceptors (Lipinski definition) is 5. The van der Waals surface area contributed by atoms with Gasteiger partial charge in [0.25, 0.3) is 0 Å². The van der Waals surface area contributed by atoms with Gasteiger partial charge in [0.05, 0.1) is 23.4 Å². The van der Waals surface area contributed by atoms with Crippen LogP contribution in [0.25, 0.3) is 0 Å². The molecule has 2 aliphatic carbocycles. The van der Waals surface area contributed by atoms with E-state index in [4.69, 9.17) is 4.74 Å². The van der Waals surface area contributed by atoms with E-state index in [1.807, 2.05) is 38.1 Å². The van der Waals surface area contributed by atoms with Gasteiger partial charge in [0.2, 0.25) is 17.7 Å². The third kappa shape index (κ3) is 3.48. The van der Waals surface area contributed by atoms with Crippen molar-refractivity contribution in [3.8, 4) is 5.75 Å². The standard InChI is InChI=1S/C28H28N2O5/c1-15-4-3-5-20(10-15)29-14-19(13-23(29)31)28(34)35-21-8-9-22(16(2)11-21)30-26(32)24-17-6-7-18(12-17)25(24)27(30)33/h3-5,8-11,17-19,24-25H,6-7,12-14H2,1-2H3/t17-,18-,19-,24-,25+/m0/s1. The zero-order chi connectivity index (χ0) is 24.4. The Labute approximate surface area is 204 Å². The molecule has 7 heteroatoms. The second kappa shape index (κ2) is 8.04. The fourth-order valence-corrected chi connectivity index (χ4v) is 6.70. The molecule has 2 saturated heterocycles. The molecule has 3 amide bonds. The van der Waals surface area contributed by atoms with Gasteiger partial charge in [-0.2, -0.15) is 0 Å². The lowest BCUT2D eigenvalue weighted by atomic mass is 9.81. The van der Waals surface area contributed by atoms with Gasteiger partial charge in [0, 0.05) is 18.7 Å². The third-order valence-corrected chi connectivity index (χ3v) is 8.33. The van der Waals surface area contributed by atoms with Crippen molar-refractivity contribution in [2.24, 2.45) is 29.6 Å². The zero-order valence-electron chi connectivity index (χ0n) is 19.9. The number of carbonyl (C=O) groups excluding carboxylic acids is 4. The first-order valence-electron chi connectivity index (χ1n) is 12.4. The minimum Gasteiger partial charge on any atom is -0.426 e. The summed E-state index contributed by atoms with van der Waals surface area (Å²) in [5.41, 5.74) is 3.09. The molecule has 0 aromatic heterocycles. The van der Waals surface area contributed by atoms with E-state index in [1.165, 1.54) is 4.90 Å². The predicted octanol–water partition coefficient (Wildman–Crippen LogP) is 3.80. The van der Waals surface area contributed by atoms with Gasteiger partial charge in [-0.3, -0.25) is 19.2 Å². The number of benzene rings is 2. The summed E-state index contributed by atoms with van der Waals surface area (Å²) in [6.07, 6.45) is 3.18. The number of esters is 1. The molecule has 180 valence electrons. The first kappa shape index (κ1) is 22.0. The van der Waals surface area contributed by atoms with E-state index in [1.54, 1.807) is 23.1 Å². The number of rotatable bonds is 4. The molecule has 2 aromatic rings. The van der Waals surface area contributed by atoms with Crippen molar-refractivity contribution < 1.29 is 23.9 Å². The summed E-state index contributed by atoms with van der Waals surface area (Å²) in [5.74, 6) is -0.613. The second-order valence-corrected chi connectivity index (χ2v) is 10.5. The first-order chi connectivity index (χ1) is 16.8. The SMILES string of the molecule is Cc1cccc(N2C[C@@H](C(=O)Oc3ccc(N4C(=O)[C@@H]5[C@H]6CC[C@@H](C6)[C@@H]5C4=O)c(C)c3)CC2=O)c1. The molecule has 0 spiro atoms. The Morgan fingerprint density at radius 3 is 2.31 bits per heavy atom. The smallest absolute Gasteiger partial charge is 0.316 e. The van der Waals surface area contributed by atoms with Gasteiger partial charge in [-0.15, -0.1) is 0 Å². The normalized spacial score (nSPS) is 29.3. The van der Waals surface area contributed by atoms with Crippen molar-refractivity contribution in [3.63, 3.8) is 0 Å². The van der Waals surface area contributed by atoms with E-state index < -0.39 is 11.9 Å². The quantitative estimate of drug-likeness (QED) is 0.384. The van der Waals surface area contributed by atoms with E-state index in [0.29, 0.717) is 28.8 Å². The van der Waals surface area contributed by atoms with Crippen LogP contribution in [0.3, 0.4) is 0 Å². The predicted molar refractivity (Wildman–Crippen MR) is 129 cm³/mol. The molecule has 6 rings (SSSR count). The molecule has 2 aromatic carbocycles. The maximum absolute atomic E-state index is 13.2. The summed E-state index contributed by atoms with van der Waals surface area (Å²) >= 11 is 0. The van der Waals surface area contributed by atoms with Crippen LogP contribution in [-0.2, 0) is 19.2 Å². The van der Waals surface area contributed by atoms with Gasteiger partial charge in [0.1, 0.15) is 5.75 Å². The molecule has 2 heterocycles. The van der Waals surface area contributed by atoms with E-state index in [2.05, 4.69) is 0 Å². The second-order valence-electron chi connectivity index (χ2n) is 10.5. The number of nitrogens with zero attached hydrogens (tertiary/aromatic N) is 2. The van der Waals surface area contributed by atoms with Crippen LogP contribution in [0.1, 0.15) is 36.8 Å². The molecule has 0 unspecified atom stereocenters. The molecule has 4 fully saturated rings. The molecule has 0 radical (unpaired) electrons. The van der Waals surface area contributed by atoms with Crippen LogP contribution < -0.4 is 14.5 Å². The molecular weight excluding hydrogens is 444 g/mol. The Bertz CT molecular complexity index is 1240. The van der Waals surface area contributed by atoms with Crippen LogP contribution in [0.15, 0.2) is 42.5 Å². The summed E-state index contributed by atoms with van der Waals surface area (Å²) < 4.78 is 5.62. The molecule has 4 aliphatic rings. The van der Waals surface area contributed by atoms with E-state index in [9.17, 15) is 19.2 Å². The largest absolute Gasteiger partial charge is 0.426 e. The van der Waals surface area contributed by atoms with E-state index in [-0.39, 0.29) is 42.5 Å². The van der Waals surface area contributed by atoms with Crippen LogP contribution in [0.2, 0.25) is 0 Å². The highest BCUT2D eigenvalue weighted by molar-refractivity contribution is 6.23. The number of carbonyl (C=O) groups is 4. The highest BCUT2D eigenvalue weighted by Gasteiger charge is 2.61. The van der Waals surface area contributed by atoms with Crippen molar-refractivity contribution in [1.29, 1.82) is 0 Å². The van der Waals surface area contributed by atoms with Gasteiger partial charge in [-0.05, 0) is 86.4 Å². The Kier molecular flexibility index (Phi) is 5.06. The van der Waals surface area contributed by atoms with E-state index >= 15 is 0 Å². The monoisotopic (exact) mass is 472 g/mol. The number of imide groups is 1. The van der Waals surface area contributed by atoms with Crippen molar-refractivity contribution in [3.05, 3.63) is 53.6 Å². The molecule has 2 saturated carbocycles. The first-order valence-corrected chi connectivity index (χ1v) is 12.4. The van der Waals surface area contributed by atoms with E-state index in [0.717, 1.165) is 30.5 Å². The average molecular weight is 473 g/mol. The minimum absolute atomic E-state index is 0.0826. The van der Waals surface area contributed by atoms with Crippen molar-refractivity contribution in [2.45, 2.75) is 39.5 Å². The highest BCUT2D eigenvalue weighted by Crippen LogP contribution is 2.56. The van der Waals surface area contributed by atoms with Crippen molar-refractivity contribution in [1.82, 2.24) is 0 Å². The Balaban J connectivity index is 1.16. The Morgan fingerprint density at radius 2 is 1.66 bits per heavy atom. The topological polar surface area (TPSA) is 84.0 Å². The molecule has 2 aliphatic heterocycles. The lowest BCUT2D eigenvalue weighted by Crippen LogP contribution is -2.33. The van der Waals surface area contributed by atoms with Crippen LogP contribution in [0.5, 0.6) is 5.75 Å². The molecule has 7 nitrogen and oxygen atoms in total. The fourth-order valence-electron chi connectivity index (χ4n) is 6.70. The summed E-state index contributed by atoms with van der Waals surface area (Å²) in [6, 6.07) is 12.6. The van der Waals surface area contributed by atoms with Gasteiger partial charge in [-0.25, -0.2) is 4.90 Å². The number of amides is 3. The number of anilines is 2.